The number of hydrogen-bond acceptors (Lipinski definition) is 8. The number of imide groups is 1. The predicted molar refractivity (Wildman–Crippen MR) is 178 cm³/mol. The highest BCUT2D eigenvalue weighted by atomic mass is 35.5. The number of morpholine rings is 1. The number of nitrogens with zero attached hydrogens (tertiary/aromatic N) is 3. The molecule has 0 radical (unpaired) electrons. The van der Waals surface area contributed by atoms with Gasteiger partial charge in [-0.2, -0.15) is 0 Å². The maximum Gasteiger partial charge on any atom is 0.271 e. The van der Waals surface area contributed by atoms with E-state index < -0.39 is 11.9 Å². The number of hydrogen-bond donors (Lipinski definition) is 4. The predicted octanol–water partition coefficient (Wildman–Crippen LogP) is 3.37. The molecule has 0 spiro atoms. The van der Waals surface area contributed by atoms with Gasteiger partial charge in [-0.15, -0.1) is 12.4 Å². The summed E-state index contributed by atoms with van der Waals surface area (Å²) in [6, 6.07) is 15.9. The van der Waals surface area contributed by atoms with Crippen LogP contribution < -0.4 is 26.8 Å². The summed E-state index contributed by atoms with van der Waals surface area (Å²) in [7, 11) is 0. The van der Waals surface area contributed by atoms with Crippen LogP contribution in [0, 0.1) is 11.8 Å². The fourth-order valence-electron chi connectivity index (χ4n) is 6.23. The number of amides is 2. The van der Waals surface area contributed by atoms with Crippen LogP contribution in [0.4, 0.5) is 11.5 Å². The van der Waals surface area contributed by atoms with Crippen LogP contribution >= 0.6 is 12.4 Å². The fourth-order valence-corrected chi connectivity index (χ4v) is 6.23. The number of fused-ring (bicyclic) bond motifs is 1. The maximum absolute atomic E-state index is 13.9. The molecule has 12 heteroatoms. The highest BCUT2D eigenvalue weighted by Crippen LogP contribution is 2.32. The summed E-state index contributed by atoms with van der Waals surface area (Å²) in [5.74, 6) is 0.305. The highest BCUT2D eigenvalue weighted by Gasteiger charge is 2.35. The number of carbonyl (C=O) groups excluding carboxylic acids is 2. The number of nitrogens with two attached hydrogens (primary N) is 2. The molecule has 6 rings (SSSR count). The summed E-state index contributed by atoms with van der Waals surface area (Å²) in [5.41, 5.74) is 15.9. The molecule has 2 aliphatic rings. The molecule has 3 heterocycles. The van der Waals surface area contributed by atoms with E-state index in [0.29, 0.717) is 55.1 Å². The Morgan fingerprint density at radius 2 is 1.69 bits per heavy atom. The molecule has 1 aliphatic carbocycles. The zero-order chi connectivity index (χ0) is 30.6. The topological polar surface area (TPSA) is 163 Å². The minimum atomic E-state index is -0.944. The molecule has 0 unspecified atom stereocenters. The first-order chi connectivity index (χ1) is 21.4. The van der Waals surface area contributed by atoms with Gasteiger partial charge in [-0.3, -0.25) is 24.6 Å². The second-order valence-corrected chi connectivity index (χ2v) is 11.8. The van der Waals surface area contributed by atoms with E-state index in [1.807, 2.05) is 36.5 Å². The lowest BCUT2D eigenvalue weighted by Gasteiger charge is -2.32. The molecule has 238 valence electrons. The van der Waals surface area contributed by atoms with E-state index >= 15 is 0 Å². The van der Waals surface area contributed by atoms with Gasteiger partial charge >= 0.3 is 0 Å². The molecule has 45 heavy (non-hydrogen) atoms. The average Bonchev–Trinajstić information content (AvgIpc) is 3.45. The van der Waals surface area contributed by atoms with Crippen LogP contribution in [0.1, 0.15) is 31.2 Å². The number of nitrogens with one attached hydrogen (secondary N) is 2. The summed E-state index contributed by atoms with van der Waals surface area (Å²) in [5, 5.41) is 5.82. The van der Waals surface area contributed by atoms with Crippen molar-refractivity contribution in [3.63, 3.8) is 0 Å². The third kappa shape index (κ3) is 7.12. The summed E-state index contributed by atoms with van der Waals surface area (Å²) in [6.07, 6.45) is 5.18. The van der Waals surface area contributed by atoms with Crippen LogP contribution in [0.5, 0.6) is 0 Å². The minimum absolute atomic E-state index is 0. The fraction of sp³-hybridized carbons (Fsp3) is 0.394. The van der Waals surface area contributed by atoms with Crippen LogP contribution in [0.3, 0.4) is 0 Å². The average molecular weight is 634 g/mol. The van der Waals surface area contributed by atoms with Crippen molar-refractivity contribution >= 4 is 46.6 Å². The molecule has 11 nitrogen and oxygen atoms in total. The number of pyridine rings is 1. The molecule has 2 fully saturated rings. The Labute approximate surface area is 267 Å². The van der Waals surface area contributed by atoms with Gasteiger partial charge in [0.2, 0.25) is 5.91 Å². The van der Waals surface area contributed by atoms with Crippen molar-refractivity contribution in [3.05, 3.63) is 76.7 Å². The number of carbonyl (C=O) groups is 2. The molecule has 2 amide bonds. The summed E-state index contributed by atoms with van der Waals surface area (Å²) in [6.45, 7) is 3.68. The largest absolute Gasteiger partial charge is 0.378 e. The third-order valence-electron chi connectivity index (χ3n) is 8.93. The Hall–Kier alpha value is -4.03. The van der Waals surface area contributed by atoms with Gasteiger partial charge in [0, 0.05) is 30.8 Å². The number of anilines is 2. The quantitative estimate of drug-likeness (QED) is 0.229. The van der Waals surface area contributed by atoms with E-state index in [9.17, 15) is 14.4 Å². The number of benzene rings is 2. The molecule has 0 bridgehead atoms. The molecule has 2 aromatic carbocycles. The standard InChI is InChI=1S/C33H39N7O4.ClH/c34-19-22-3-7-24(8-4-22)32(42)40(26-10-11-27-29(18-26)37-38-31(27)41)33(43)28(35)17-21-1-5-23(6-2-21)25-9-12-30(36-20-25)39-13-15-44-16-14-39;/h1-2,5-6,9-12,18,20,22,24,28H,3-4,7-8,13-17,19,34-35H2,(H2,37,38,41);1H/t22-,24-,28-;/m0./s1. The van der Waals surface area contributed by atoms with Gasteiger partial charge in [0.15, 0.2) is 0 Å². The summed E-state index contributed by atoms with van der Waals surface area (Å²) in [4.78, 5) is 47.9. The summed E-state index contributed by atoms with van der Waals surface area (Å²) >= 11 is 0. The second-order valence-electron chi connectivity index (χ2n) is 11.8. The lowest BCUT2D eigenvalue weighted by atomic mass is 9.81. The number of aromatic amines is 2. The minimum Gasteiger partial charge on any atom is -0.378 e. The number of rotatable bonds is 8. The van der Waals surface area contributed by atoms with Gasteiger partial charge < -0.3 is 21.1 Å². The molecule has 1 saturated heterocycles. The Morgan fingerprint density at radius 3 is 2.36 bits per heavy atom. The third-order valence-corrected chi connectivity index (χ3v) is 8.93. The molecular formula is C33H40ClN7O4. The number of halogens is 1. The van der Waals surface area contributed by atoms with Crippen LogP contribution in [0.15, 0.2) is 65.6 Å². The highest BCUT2D eigenvalue weighted by molar-refractivity contribution is 6.17. The van der Waals surface area contributed by atoms with E-state index in [1.54, 1.807) is 18.2 Å². The van der Waals surface area contributed by atoms with Crippen molar-refractivity contribution in [2.24, 2.45) is 23.3 Å². The van der Waals surface area contributed by atoms with Crippen LogP contribution in [0.2, 0.25) is 0 Å². The SMILES string of the molecule is Cl.NC[C@H]1CC[C@H](C(=O)N(C(=O)[C@@H](N)Cc2ccc(-c3ccc(N4CCOCC4)nc3)cc2)c2ccc3c(=O)[nH][nH]c3c2)CC1. The van der Waals surface area contributed by atoms with E-state index in [2.05, 4.69) is 26.1 Å². The lowest BCUT2D eigenvalue weighted by molar-refractivity contribution is -0.130. The summed E-state index contributed by atoms with van der Waals surface area (Å²) < 4.78 is 5.43. The molecule has 4 aromatic rings. The smallest absolute Gasteiger partial charge is 0.271 e. The van der Waals surface area contributed by atoms with Crippen molar-refractivity contribution in [3.8, 4) is 11.1 Å². The first-order valence-corrected chi connectivity index (χ1v) is 15.3. The van der Waals surface area contributed by atoms with Crippen LogP contribution in [-0.2, 0) is 20.7 Å². The van der Waals surface area contributed by atoms with Crippen molar-refractivity contribution < 1.29 is 14.3 Å². The molecule has 6 N–H and O–H groups in total. The number of aromatic nitrogens is 3. The number of ether oxygens (including phenoxy) is 1. The van der Waals surface area contributed by atoms with E-state index in [0.717, 1.165) is 48.4 Å². The number of H-pyrrole nitrogens is 2. The Morgan fingerprint density at radius 1 is 0.978 bits per heavy atom. The molecule has 1 saturated carbocycles. The first kappa shape index (κ1) is 32.4. The zero-order valence-electron chi connectivity index (χ0n) is 25.1. The van der Waals surface area contributed by atoms with Gasteiger partial charge in [0.05, 0.1) is 35.8 Å². The van der Waals surface area contributed by atoms with Gasteiger partial charge in [-0.05, 0) is 86.0 Å². The van der Waals surface area contributed by atoms with Gasteiger partial charge in [-0.1, -0.05) is 24.3 Å². The van der Waals surface area contributed by atoms with Crippen molar-refractivity contribution in [1.29, 1.82) is 0 Å². The Balaban J connectivity index is 0.00000400. The van der Waals surface area contributed by atoms with Crippen LogP contribution in [-0.4, -0.2) is 65.9 Å². The normalized spacial score (nSPS) is 19.1. The maximum atomic E-state index is 13.9. The van der Waals surface area contributed by atoms with Crippen molar-refractivity contribution in [2.45, 2.75) is 38.1 Å². The lowest BCUT2D eigenvalue weighted by Crippen LogP contribution is -2.50. The Bertz CT molecular complexity index is 1660. The van der Waals surface area contributed by atoms with Gasteiger partial charge in [0.1, 0.15) is 5.82 Å². The van der Waals surface area contributed by atoms with Crippen molar-refractivity contribution in [1.82, 2.24) is 15.2 Å². The zero-order valence-corrected chi connectivity index (χ0v) is 25.9. The van der Waals surface area contributed by atoms with E-state index in [4.69, 9.17) is 16.2 Å². The van der Waals surface area contributed by atoms with E-state index in [-0.39, 0.29) is 36.2 Å². The van der Waals surface area contributed by atoms with Crippen molar-refractivity contribution in [2.75, 3.05) is 42.6 Å². The first-order valence-electron chi connectivity index (χ1n) is 15.3. The Kier molecular flexibility index (Phi) is 10.3. The molecule has 2 aromatic heterocycles. The molecule has 1 atom stereocenters. The molecule has 1 aliphatic heterocycles. The van der Waals surface area contributed by atoms with Gasteiger partial charge in [-0.25, -0.2) is 9.88 Å². The van der Waals surface area contributed by atoms with Gasteiger partial charge in [0.25, 0.3) is 11.5 Å². The second kappa shape index (κ2) is 14.4. The van der Waals surface area contributed by atoms with E-state index in [1.165, 1.54) is 4.90 Å². The van der Waals surface area contributed by atoms with Crippen LogP contribution in [0.25, 0.3) is 22.0 Å². The molecular weight excluding hydrogens is 594 g/mol. The monoisotopic (exact) mass is 633 g/mol.